The molecule has 5 heteroatoms. The van der Waals surface area contributed by atoms with Crippen molar-refractivity contribution in [3.63, 3.8) is 0 Å². The number of nitrogens with two attached hydrogens (primary N) is 1. The first kappa shape index (κ1) is 13.2. The van der Waals surface area contributed by atoms with Gasteiger partial charge in [0.2, 0.25) is 10.0 Å². The molecular weight excluding hydrogens is 224 g/mol. The molecule has 0 aromatic heterocycles. The molecule has 1 rings (SSSR count). The smallest absolute Gasteiger partial charge is 0.215 e. The lowest BCUT2D eigenvalue weighted by atomic mass is 10.2. The van der Waals surface area contributed by atoms with Gasteiger partial charge in [-0.3, -0.25) is 0 Å². The highest BCUT2D eigenvalue weighted by molar-refractivity contribution is 7.89. The van der Waals surface area contributed by atoms with Crippen LogP contribution in [-0.4, -0.2) is 38.6 Å². The van der Waals surface area contributed by atoms with Gasteiger partial charge in [-0.15, -0.1) is 0 Å². The lowest BCUT2D eigenvalue weighted by molar-refractivity contribution is 0.473. The molecule has 0 aliphatic carbocycles. The third kappa shape index (κ3) is 3.92. The summed E-state index contributed by atoms with van der Waals surface area (Å²) < 4.78 is 24.6. The molecule has 0 bridgehead atoms. The van der Waals surface area contributed by atoms with Gasteiger partial charge < -0.3 is 5.73 Å². The van der Waals surface area contributed by atoms with Gasteiger partial charge in [-0.25, -0.2) is 12.7 Å². The van der Waals surface area contributed by atoms with Gasteiger partial charge in [-0.05, 0) is 12.0 Å². The van der Waals surface area contributed by atoms with E-state index in [-0.39, 0.29) is 12.3 Å². The molecule has 0 fully saturated rings. The second-order valence-electron chi connectivity index (χ2n) is 3.66. The molecule has 0 saturated heterocycles. The van der Waals surface area contributed by atoms with Crippen LogP contribution in [0.25, 0.3) is 0 Å². The number of sulfonamides is 1. The van der Waals surface area contributed by atoms with Crippen LogP contribution in [0.15, 0.2) is 30.3 Å². The summed E-state index contributed by atoms with van der Waals surface area (Å²) >= 11 is 0. The number of hydrogen-bond acceptors (Lipinski definition) is 3. The van der Waals surface area contributed by atoms with Gasteiger partial charge >= 0.3 is 0 Å². The molecule has 0 spiro atoms. The summed E-state index contributed by atoms with van der Waals surface area (Å²) in [6.07, 6.45) is 0.723. The minimum Gasteiger partial charge on any atom is -0.329 e. The van der Waals surface area contributed by atoms with E-state index < -0.39 is 10.0 Å². The summed E-state index contributed by atoms with van der Waals surface area (Å²) in [6.45, 7) is 0.657. The predicted molar refractivity (Wildman–Crippen MR) is 65.6 cm³/mol. The third-order valence-electron chi connectivity index (χ3n) is 2.41. The molecule has 1 aromatic carbocycles. The van der Waals surface area contributed by atoms with Crippen LogP contribution in [0.4, 0.5) is 0 Å². The maximum Gasteiger partial charge on any atom is 0.215 e. The number of nitrogens with zero attached hydrogens (tertiary/aromatic N) is 1. The maximum absolute atomic E-state index is 11.6. The molecule has 0 amide bonds. The van der Waals surface area contributed by atoms with E-state index in [2.05, 4.69) is 0 Å². The van der Waals surface area contributed by atoms with Crippen molar-refractivity contribution in [2.24, 2.45) is 5.73 Å². The standard InChI is InChI=1S/C11H18N2O2S/c1-13(16(14,15)10-8-12)9-7-11-5-3-2-4-6-11/h2-6H,7-10,12H2,1H3. The van der Waals surface area contributed by atoms with Crippen LogP contribution in [0.3, 0.4) is 0 Å². The maximum atomic E-state index is 11.6. The van der Waals surface area contributed by atoms with Crippen LogP contribution in [0, 0.1) is 0 Å². The lowest BCUT2D eigenvalue weighted by Gasteiger charge is -2.16. The van der Waals surface area contributed by atoms with Gasteiger partial charge in [0.1, 0.15) is 0 Å². The quantitative estimate of drug-likeness (QED) is 0.787. The van der Waals surface area contributed by atoms with Crippen LogP contribution < -0.4 is 5.73 Å². The predicted octanol–water partition coefficient (Wildman–Crippen LogP) is 0.449. The third-order valence-corrected chi connectivity index (χ3v) is 4.29. The van der Waals surface area contributed by atoms with Gasteiger partial charge in [0.15, 0.2) is 0 Å². The first-order chi connectivity index (χ1) is 7.56. The zero-order valence-corrected chi connectivity index (χ0v) is 10.3. The SMILES string of the molecule is CN(CCc1ccccc1)S(=O)(=O)CCN. The molecule has 16 heavy (non-hydrogen) atoms. The monoisotopic (exact) mass is 242 g/mol. The van der Waals surface area contributed by atoms with Crippen molar-refractivity contribution < 1.29 is 8.42 Å². The van der Waals surface area contributed by atoms with Crippen LogP contribution in [0.2, 0.25) is 0 Å². The van der Waals surface area contributed by atoms with Crippen LogP contribution in [-0.2, 0) is 16.4 Å². The molecule has 4 nitrogen and oxygen atoms in total. The lowest BCUT2D eigenvalue weighted by Crippen LogP contribution is -2.33. The summed E-state index contributed by atoms with van der Waals surface area (Å²) in [6, 6.07) is 9.82. The van der Waals surface area contributed by atoms with E-state index in [0.717, 1.165) is 12.0 Å². The van der Waals surface area contributed by atoms with Gasteiger partial charge in [-0.1, -0.05) is 30.3 Å². The van der Waals surface area contributed by atoms with Crippen LogP contribution in [0.5, 0.6) is 0 Å². The second-order valence-corrected chi connectivity index (χ2v) is 5.86. The molecule has 0 atom stereocenters. The van der Waals surface area contributed by atoms with Crippen molar-refractivity contribution in [2.75, 3.05) is 25.9 Å². The summed E-state index contributed by atoms with van der Waals surface area (Å²) in [5, 5.41) is 0. The molecule has 0 heterocycles. The normalized spacial score (nSPS) is 11.9. The summed E-state index contributed by atoms with van der Waals surface area (Å²) in [7, 11) is -1.58. The topological polar surface area (TPSA) is 63.4 Å². The summed E-state index contributed by atoms with van der Waals surface area (Å²) in [5.74, 6) is 0.0122. The van der Waals surface area contributed by atoms with E-state index in [1.165, 1.54) is 4.31 Å². The van der Waals surface area contributed by atoms with Crippen molar-refractivity contribution >= 4 is 10.0 Å². The van der Waals surface area contributed by atoms with Crippen molar-refractivity contribution in [1.82, 2.24) is 4.31 Å². The second kappa shape index (κ2) is 5.98. The van der Waals surface area contributed by atoms with Crippen molar-refractivity contribution in [3.05, 3.63) is 35.9 Å². The Hall–Kier alpha value is -0.910. The van der Waals surface area contributed by atoms with E-state index in [4.69, 9.17) is 5.73 Å². The largest absolute Gasteiger partial charge is 0.329 e. The van der Waals surface area contributed by atoms with Crippen LogP contribution >= 0.6 is 0 Å². The highest BCUT2D eigenvalue weighted by Crippen LogP contribution is 2.03. The molecule has 0 aliphatic heterocycles. The van der Waals surface area contributed by atoms with Gasteiger partial charge in [-0.2, -0.15) is 0 Å². The number of rotatable bonds is 6. The molecule has 1 aromatic rings. The van der Waals surface area contributed by atoms with E-state index in [1.54, 1.807) is 7.05 Å². The number of benzene rings is 1. The first-order valence-corrected chi connectivity index (χ1v) is 6.85. The fourth-order valence-corrected chi connectivity index (χ4v) is 2.35. The molecular formula is C11H18N2O2S. The molecule has 0 radical (unpaired) electrons. The molecule has 0 saturated carbocycles. The Morgan fingerprint density at radius 2 is 1.88 bits per heavy atom. The summed E-state index contributed by atoms with van der Waals surface area (Å²) in [5.41, 5.74) is 6.39. The Bertz CT molecular complexity index is 403. The van der Waals surface area contributed by atoms with Crippen LogP contribution in [0.1, 0.15) is 5.56 Å². The first-order valence-electron chi connectivity index (χ1n) is 5.24. The zero-order valence-electron chi connectivity index (χ0n) is 9.46. The van der Waals surface area contributed by atoms with E-state index in [0.29, 0.717) is 6.54 Å². The highest BCUT2D eigenvalue weighted by Gasteiger charge is 2.15. The Balaban J connectivity index is 2.50. The average molecular weight is 242 g/mol. The molecule has 0 aliphatic rings. The van der Waals surface area contributed by atoms with Gasteiger partial charge in [0, 0.05) is 20.1 Å². The Labute approximate surface area is 97.1 Å². The Morgan fingerprint density at radius 3 is 2.44 bits per heavy atom. The number of likely N-dealkylation sites (N-methyl/N-ethyl adjacent to an activating group) is 1. The molecule has 90 valence electrons. The average Bonchev–Trinajstić information content (AvgIpc) is 2.27. The van der Waals surface area contributed by atoms with Gasteiger partial charge in [0.25, 0.3) is 0 Å². The fraction of sp³-hybridized carbons (Fsp3) is 0.455. The van der Waals surface area contributed by atoms with Crippen molar-refractivity contribution in [2.45, 2.75) is 6.42 Å². The summed E-state index contributed by atoms with van der Waals surface area (Å²) in [4.78, 5) is 0. The minimum atomic E-state index is -3.17. The van der Waals surface area contributed by atoms with E-state index >= 15 is 0 Å². The highest BCUT2D eigenvalue weighted by atomic mass is 32.2. The Morgan fingerprint density at radius 1 is 1.25 bits per heavy atom. The minimum absolute atomic E-state index is 0.0122. The van der Waals surface area contributed by atoms with Gasteiger partial charge in [0.05, 0.1) is 5.75 Å². The van der Waals surface area contributed by atoms with E-state index in [9.17, 15) is 8.42 Å². The molecule has 0 unspecified atom stereocenters. The Kier molecular flexibility index (Phi) is 4.92. The van der Waals surface area contributed by atoms with Crippen molar-refractivity contribution in [3.8, 4) is 0 Å². The fourth-order valence-electron chi connectivity index (χ4n) is 1.38. The number of hydrogen-bond donors (Lipinski definition) is 1. The van der Waals surface area contributed by atoms with Crippen molar-refractivity contribution in [1.29, 1.82) is 0 Å². The van der Waals surface area contributed by atoms with E-state index in [1.807, 2.05) is 30.3 Å². The molecule has 2 N–H and O–H groups in total. The zero-order chi connectivity index (χ0) is 12.0.